The second-order valence-corrected chi connectivity index (χ2v) is 4.79. The van der Waals surface area contributed by atoms with E-state index in [0.29, 0.717) is 0 Å². The smallest absolute Gasteiger partial charge is 0.0533 e. The number of hydrogen-bond donors (Lipinski definition) is 0. The molecule has 2 heteroatoms. The summed E-state index contributed by atoms with van der Waals surface area (Å²) in [6, 6.07) is 4.42. The number of aryl methyl sites for hydroxylation is 3. The van der Waals surface area contributed by atoms with Crippen molar-refractivity contribution in [2.24, 2.45) is 7.05 Å². The van der Waals surface area contributed by atoms with Gasteiger partial charge in [-0.05, 0) is 38.0 Å². The summed E-state index contributed by atoms with van der Waals surface area (Å²) in [7, 11) is 6.36. The highest BCUT2D eigenvalue weighted by Crippen LogP contribution is 2.34. The first-order valence-electron chi connectivity index (χ1n) is 5.67. The number of rotatable bonds is 1. The van der Waals surface area contributed by atoms with E-state index in [9.17, 15) is 0 Å². The normalized spacial score (nSPS) is 11.1. The zero-order valence-corrected chi connectivity index (χ0v) is 11.0. The van der Waals surface area contributed by atoms with Crippen molar-refractivity contribution < 1.29 is 0 Å². The van der Waals surface area contributed by atoms with Crippen molar-refractivity contribution in [3.05, 3.63) is 29.0 Å². The van der Waals surface area contributed by atoms with Gasteiger partial charge >= 0.3 is 0 Å². The minimum atomic E-state index is 1.31. The molecule has 0 bridgehead atoms. The Morgan fingerprint density at radius 1 is 1.06 bits per heavy atom. The zero-order chi connectivity index (χ0) is 12.0. The second kappa shape index (κ2) is 3.55. The summed E-state index contributed by atoms with van der Waals surface area (Å²) in [5, 5.41) is 1.39. The molecule has 2 aromatic rings. The first kappa shape index (κ1) is 11.1. The molecule has 2 nitrogen and oxygen atoms in total. The monoisotopic (exact) mass is 216 g/mol. The van der Waals surface area contributed by atoms with Crippen molar-refractivity contribution in [1.29, 1.82) is 0 Å². The Hall–Kier alpha value is -1.44. The molecule has 0 aliphatic carbocycles. The fourth-order valence-electron chi connectivity index (χ4n) is 2.46. The van der Waals surface area contributed by atoms with E-state index in [1.54, 1.807) is 0 Å². The van der Waals surface area contributed by atoms with Crippen LogP contribution in [0.15, 0.2) is 12.1 Å². The van der Waals surface area contributed by atoms with Gasteiger partial charge in [-0.2, -0.15) is 0 Å². The van der Waals surface area contributed by atoms with Gasteiger partial charge in [0.15, 0.2) is 0 Å². The Labute approximate surface area is 97.5 Å². The van der Waals surface area contributed by atoms with Crippen LogP contribution in [0.2, 0.25) is 0 Å². The molecule has 0 N–H and O–H groups in total. The van der Waals surface area contributed by atoms with E-state index >= 15 is 0 Å². The highest BCUT2D eigenvalue weighted by atomic mass is 15.1. The van der Waals surface area contributed by atoms with Crippen LogP contribution in [0.1, 0.15) is 16.8 Å². The third-order valence-corrected chi connectivity index (χ3v) is 3.60. The molecule has 0 amide bonds. The lowest BCUT2D eigenvalue weighted by atomic mass is 10.1. The average molecular weight is 216 g/mol. The molecular weight excluding hydrogens is 196 g/mol. The van der Waals surface area contributed by atoms with Gasteiger partial charge in [0.1, 0.15) is 0 Å². The van der Waals surface area contributed by atoms with Gasteiger partial charge in [-0.15, -0.1) is 0 Å². The fraction of sp³-hybridized carbons (Fsp3) is 0.429. The molecule has 1 aromatic heterocycles. The number of anilines is 1. The SMILES string of the molecule is Cc1c(C)n(C)c2c(C)ccc(N(C)C)c12. The lowest BCUT2D eigenvalue weighted by molar-refractivity contribution is 0.907. The van der Waals surface area contributed by atoms with Gasteiger partial charge in [0.05, 0.1) is 5.52 Å². The third kappa shape index (κ3) is 1.33. The van der Waals surface area contributed by atoms with Crippen LogP contribution in [0, 0.1) is 20.8 Å². The predicted octanol–water partition coefficient (Wildman–Crippen LogP) is 3.17. The van der Waals surface area contributed by atoms with Crippen LogP contribution in [0.4, 0.5) is 5.69 Å². The van der Waals surface area contributed by atoms with Crippen molar-refractivity contribution in [2.45, 2.75) is 20.8 Å². The zero-order valence-electron chi connectivity index (χ0n) is 11.0. The third-order valence-electron chi connectivity index (χ3n) is 3.60. The maximum absolute atomic E-state index is 2.30. The van der Waals surface area contributed by atoms with Crippen LogP contribution in [0.5, 0.6) is 0 Å². The number of aromatic nitrogens is 1. The number of hydrogen-bond acceptors (Lipinski definition) is 1. The topological polar surface area (TPSA) is 8.17 Å². The standard InChI is InChI=1S/C14H20N2/c1-9-7-8-12(15(4)5)13-10(2)11(3)16(6)14(9)13/h7-8H,1-6H3. The minimum Gasteiger partial charge on any atom is -0.377 e. The molecular formula is C14H20N2. The summed E-state index contributed by atoms with van der Waals surface area (Å²) >= 11 is 0. The number of fused-ring (bicyclic) bond motifs is 1. The molecule has 0 unspecified atom stereocenters. The van der Waals surface area contributed by atoms with E-state index in [4.69, 9.17) is 0 Å². The molecule has 0 aliphatic rings. The first-order chi connectivity index (χ1) is 7.45. The Kier molecular flexibility index (Phi) is 2.45. The fourth-order valence-corrected chi connectivity index (χ4v) is 2.46. The molecule has 86 valence electrons. The lowest BCUT2D eigenvalue weighted by Crippen LogP contribution is -2.09. The summed E-state index contributed by atoms with van der Waals surface area (Å²) in [4.78, 5) is 2.19. The number of nitrogens with zero attached hydrogens (tertiary/aromatic N) is 2. The molecule has 0 saturated carbocycles. The van der Waals surface area contributed by atoms with E-state index in [-0.39, 0.29) is 0 Å². The van der Waals surface area contributed by atoms with Crippen molar-refractivity contribution in [3.63, 3.8) is 0 Å². The summed E-state index contributed by atoms with van der Waals surface area (Å²) in [6.45, 7) is 6.58. The summed E-state index contributed by atoms with van der Waals surface area (Å²) in [5.41, 5.74) is 6.76. The van der Waals surface area contributed by atoms with E-state index < -0.39 is 0 Å². The van der Waals surface area contributed by atoms with E-state index in [0.717, 1.165) is 0 Å². The molecule has 0 saturated heterocycles. The molecule has 0 atom stereocenters. The van der Waals surface area contributed by atoms with Crippen LogP contribution in [-0.4, -0.2) is 18.7 Å². The van der Waals surface area contributed by atoms with Gasteiger partial charge in [-0.25, -0.2) is 0 Å². The van der Waals surface area contributed by atoms with Crippen molar-refractivity contribution in [3.8, 4) is 0 Å². The summed E-state index contributed by atoms with van der Waals surface area (Å²) in [6.07, 6.45) is 0. The Balaban J connectivity index is 2.99. The van der Waals surface area contributed by atoms with E-state index in [2.05, 4.69) is 63.5 Å². The van der Waals surface area contributed by atoms with Gasteiger partial charge in [-0.3, -0.25) is 0 Å². The van der Waals surface area contributed by atoms with Crippen LogP contribution < -0.4 is 4.90 Å². The molecule has 0 aliphatic heterocycles. The number of benzene rings is 1. The quantitative estimate of drug-likeness (QED) is 0.711. The van der Waals surface area contributed by atoms with Gasteiger partial charge in [0.25, 0.3) is 0 Å². The van der Waals surface area contributed by atoms with E-state index in [1.165, 1.54) is 33.4 Å². The lowest BCUT2D eigenvalue weighted by Gasteiger charge is -2.15. The van der Waals surface area contributed by atoms with Crippen LogP contribution >= 0.6 is 0 Å². The molecule has 1 aromatic carbocycles. The highest BCUT2D eigenvalue weighted by molar-refractivity contribution is 5.98. The summed E-state index contributed by atoms with van der Waals surface area (Å²) in [5.74, 6) is 0. The average Bonchev–Trinajstić information content (AvgIpc) is 2.45. The Morgan fingerprint density at radius 3 is 2.25 bits per heavy atom. The van der Waals surface area contributed by atoms with Crippen LogP contribution in [-0.2, 0) is 7.05 Å². The largest absolute Gasteiger partial charge is 0.377 e. The Bertz CT molecular complexity index is 548. The summed E-state index contributed by atoms with van der Waals surface area (Å²) < 4.78 is 2.30. The predicted molar refractivity (Wildman–Crippen MR) is 71.5 cm³/mol. The molecule has 0 radical (unpaired) electrons. The van der Waals surface area contributed by atoms with E-state index in [1.807, 2.05) is 0 Å². The van der Waals surface area contributed by atoms with Crippen molar-refractivity contribution in [1.82, 2.24) is 4.57 Å². The molecule has 2 rings (SSSR count). The maximum Gasteiger partial charge on any atom is 0.0533 e. The van der Waals surface area contributed by atoms with Crippen LogP contribution in [0.25, 0.3) is 10.9 Å². The van der Waals surface area contributed by atoms with Crippen LogP contribution in [0.3, 0.4) is 0 Å². The maximum atomic E-state index is 2.30. The van der Waals surface area contributed by atoms with Crippen molar-refractivity contribution in [2.75, 3.05) is 19.0 Å². The van der Waals surface area contributed by atoms with Crippen molar-refractivity contribution >= 4 is 16.6 Å². The second-order valence-electron chi connectivity index (χ2n) is 4.79. The Morgan fingerprint density at radius 2 is 1.69 bits per heavy atom. The molecule has 0 spiro atoms. The minimum absolute atomic E-state index is 1.31. The van der Waals surface area contributed by atoms with Gasteiger partial charge in [0, 0.05) is 37.9 Å². The highest BCUT2D eigenvalue weighted by Gasteiger charge is 2.14. The van der Waals surface area contributed by atoms with Gasteiger partial charge in [0.2, 0.25) is 0 Å². The van der Waals surface area contributed by atoms with Gasteiger partial charge < -0.3 is 9.47 Å². The van der Waals surface area contributed by atoms with Gasteiger partial charge in [-0.1, -0.05) is 6.07 Å². The molecule has 16 heavy (non-hydrogen) atoms. The molecule has 1 heterocycles. The molecule has 0 fully saturated rings. The first-order valence-corrected chi connectivity index (χ1v) is 5.67.